The Morgan fingerprint density at radius 3 is 2.79 bits per heavy atom. The van der Waals surface area contributed by atoms with Crippen LogP contribution in [0.1, 0.15) is 24.2 Å². The highest BCUT2D eigenvalue weighted by Crippen LogP contribution is 2.14. The van der Waals surface area contributed by atoms with Crippen LogP contribution in [0.5, 0.6) is 0 Å². The number of benzene rings is 1. The summed E-state index contributed by atoms with van der Waals surface area (Å²) in [5.41, 5.74) is 6.30. The highest BCUT2D eigenvalue weighted by Gasteiger charge is 2.24. The van der Waals surface area contributed by atoms with Crippen molar-refractivity contribution in [3.63, 3.8) is 0 Å². The molecule has 0 radical (unpaired) electrons. The van der Waals surface area contributed by atoms with Crippen LogP contribution in [0.15, 0.2) is 36.5 Å². The molecule has 4 nitrogen and oxygen atoms in total. The minimum Gasteiger partial charge on any atom is -0.391 e. The van der Waals surface area contributed by atoms with Gasteiger partial charge in [0.05, 0.1) is 16.0 Å². The summed E-state index contributed by atoms with van der Waals surface area (Å²) in [4.78, 5) is 16.6. The van der Waals surface area contributed by atoms with Crippen LogP contribution in [0.3, 0.4) is 0 Å². The van der Waals surface area contributed by atoms with Gasteiger partial charge in [0.2, 0.25) is 0 Å². The lowest BCUT2D eigenvalue weighted by molar-refractivity contribution is 0.0932. The fraction of sp³-hybridized carbons (Fsp3) is 0.214. The van der Waals surface area contributed by atoms with E-state index in [0.29, 0.717) is 5.56 Å². The monoisotopic (exact) mass is 273 g/mol. The lowest BCUT2D eigenvalue weighted by Crippen LogP contribution is -2.52. The largest absolute Gasteiger partial charge is 0.391 e. The van der Waals surface area contributed by atoms with Crippen LogP contribution in [-0.2, 0) is 0 Å². The Morgan fingerprint density at radius 2 is 2.11 bits per heavy atom. The van der Waals surface area contributed by atoms with Crippen LogP contribution >= 0.6 is 12.2 Å². The predicted octanol–water partition coefficient (Wildman–Crippen LogP) is 2.03. The minimum absolute atomic E-state index is 0.205. The summed E-state index contributed by atoms with van der Waals surface area (Å²) >= 11 is 4.93. The van der Waals surface area contributed by atoms with Gasteiger partial charge in [-0.3, -0.25) is 9.78 Å². The molecule has 1 heterocycles. The summed E-state index contributed by atoms with van der Waals surface area (Å²) in [6.45, 7) is 3.55. The molecule has 1 amide bonds. The van der Waals surface area contributed by atoms with Crippen LogP contribution < -0.4 is 11.1 Å². The maximum Gasteiger partial charge on any atom is 0.252 e. The fourth-order valence-electron chi connectivity index (χ4n) is 1.63. The van der Waals surface area contributed by atoms with Crippen molar-refractivity contribution in [1.29, 1.82) is 0 Å². The van der Waals surface area contributed by atoms with Gasteiger partial charge in [0.15, 0.2) is 0 Å². The highest BCUT2D eigenvalue weighted by atomic mass is 32.1. The third-order valence-electron chi connectivity index (χ3n) is 2.91. The average molecular weight is 273 g/mol. The van der Waals surface area contributed by atoms with Gasteiger partial charge in [-0.05, 0) is 38.1 Å². The zero-order chi connectivity index (χ0) is 14.0. The first kappa shape index (κ1) is 13.4. The Kier molecular flexibility index (Phi) is 3.48. The van der Waals surface area contributed by atoms with Crippen LogP contribution in [0.4, 0.5) is 0 Å². The number of nitrogens with two attached hydrogens (primary N) is 1. The molecule has 3 N–H and O–H groups in total. The van der Waals surface area contributed by atoms with Gasteiger partial charge in [0, 0.05) is 17.1 Å². The zero-order valence-electron chi connectivity index (χ0n) is 10.8. The van der Waals surface area contributed by atoms with Crippen LogP contribution in [0.25, 0.3) is 10.9 Å². The molecule has 1 aromatic carbocycles. The van der Waals surface area contributed by atoms with Crippen molar-refractivity contribution in [2.45, 2.75) is 19.4 Å². The second kappa shape index (κ2) is 4.93. The van der Waals surface area contributed by atoms with Crippen molar-refractivity contribution in [2.24, 2.45) is 5.73 Å². The molecule has 0 aliphatic carbocycles. The van der Waals surface area contributed by atoms with Crippen molar-refractivity contribution in [3.8, 4) is 0 Å². The number of carbonyl (C=O) groups is 1. The maximum absolute atomic E-state index is 12.2. The van der Waals surface area contributed by atoms with Crippen molar-refractivity contribution in [3.05, 3.63) is 42.1 Å². The van der Waals surface area contributed by atoms with Gasteiger partial charge < -0.3 is 11.1 Å². The number of hydrogen-bond donors (Lipinski definition) is 2. The average Bonchev–Trinajstić information content (AvgIpc) is 2.37. The first-order chi connectivity index (χ1) is 8.90. The molecule has 0 aliphatic heterocycles. The maximum atomic E-state index is 12.2. The number of carbonyl (C=O) groups excluding carboxylic acids is 1. The summed E-state index contributed by atoms with van der Waals surface area (Å²) in [7, 11) is 0. The molecule has 0 saturated carbocycles. The molecule has 0 atom stereocenters. The van der Waals surface area contributed by atoms with Crippen molar-refractivity contribution in [1.82, 2.24) is 10.3 Å². The van der Waals surface area contributed by atoms with Crippen molar-refractivity contribution in [2.75, 3.05) is 0 Å². The van der Waals surface area contributed by atoms with Crippen molar-refractivity contribution >= 4 is 34.0 Å². The van der Waals surface area contributed by atoms with Crippen molar-refractivity contribution < 1.29 is 4.79 Å². The van der Waals surface area contributed by atoms with Gasteiger partial charge in [-0.25, -0.2) is 0 Å². The molecule has 98 valence electrons. The third-order valence-corrected chi connectivity index (χ3v) is 3.42. The van der Waals surface area contributed by atoms with E-state index >= 15 is 0 Å². The van der Waals surface area contributed by atoms with E-state index in [-0.39, 0.29) is 10.9 Å². The standard InChI is InChI=1S/C14H15N3OS/c1-14(2,13(15)19)17-12(18)10-5-6-11-9(8-10)4-3-7-16-11/h3-8H,1-2H3,(H2,15,19)(H,17,18). The SMILES string of the molecule is CC(C)(NC(=O)c1ccc2ncccc2c1)C(N)=S. The first-order valence-electron chi connectivity index (χ1n) is 5.87. The van der Waals surface area contributed by atoms with Crippen LogP contribution in [-0.4, -0.2) is 21.4 Å². The Bertz CT molecular complexity index is 652. The van der Waals surface area contributed by atoms with E-state index < -0.39 is 5.54 Å². The molecule has 5 heteroatoms. The molecular weight excluding hydrogens is 258 g/mol. The van der Waals surface area contributed by atoms with E-state index in [1.165, 1.54) is 0 Å². The second-order valence-corrected chi connectivity index (χ2v) is 5.29. The van der Waals surface area contributed by atoms with Gasteiger partial charge >= 0.3 is 0 Å². The zero-order valence-corrected chi connectivity index (χ0v) is 11.6. The normalized spacial score (nSPS) is 11.3. The Labute approximate surface area is 117 Å². The fourth-order valence-corrected chi connectivity index (χ4v) is 1.69. The summed E-state index contributed by atoms with van der Waals surface area (Å²) in [5, 5.41) is 3.73. The van der Waals surface area contributed by atoms with Gasteiger partial charge in [0.25, 0.3) is 5.91 Å². The highest BCUT2D eigenvalue weighted by molar-refractivity contribution is 7.80. The summed E-state index contributed by atoms with van der Waals surface area (Å²) in [6, 6.07) is 9.10. The van der Waals surface area contributed by atoms with E-state index in [2.05, 4.69) is 10.3 Å². The van der Waals surface area contributed by atoms with Gasteiger partial charge in [-0.1, -0.05) is 18.3 Å². The summed E-state index contributed by atoms with van der Waals surface area (Å²) < 4.78 is 0. The minimum atomic E-state index is -0.712. The van der Waals surface area contributed by atoms with E-state index in [1.54, 1.807) is 32.2 Å². The Hall–Kier alpha value is -2.01. The van der Waals surface area contributed by atoms with Gasteiger partial charge in [-0.15, -0.1) is 0 Å². The van der Waals surface area contributed by atoms with Crippen LogP contribution in [0.2, 0.25) is 0 Å². The number of nitrogens with zero attached hydrogens (tertiary/aromatic N) is 1. The molecule has 0 aliphatic rings. The molecule has 2 rings (SSSR count). The third kappa shape index (κ3) is 2.88. The quantitative estimate of drug-likeness (QED) is 0.840. The number of amides is 1. The first-order valence-corrected chi connectivity index (χ1v) is 6.28. The number of fused-ring (bicyclic) bond motifs is 1. The smallest absolute Gasteiger partial charge is 0.252 e. The van der Waals surface area contributed by atoms with E-state index in [9.17, 15) is 4.79 Å². The Morgan fingerprint density at radius 1 is 1.37 bits per heavy atom. The number of hydrogen-bond acceptors (Lipinski definition) is 3. The molecule has 0 bridgehead atoms. The number of thiocarbonyl (C=S) groups is 1. The molecule has 0 spiro atoms. The van der Waals surface area contributed by atoms with Gasteiger partial charge in [-0.2, -0.15) is 0 Å². The summed E-state index contributed by atoms with van der Waals surface area (Å²) in [6.07, 6.45) is 1.72. The van der Waals surface area contributed by atoms with Crippen LogP contribution in [0, 0.1) is 0 Å². The molecule has 1 aromatic heterocycles. The van der Waals surface area contributed by atoms with E-state index in [4.69, 9.17) is 18.0 Å². The number of aromatic nitrogens is 1. The predicted molar refractivity (Wildman–Crippen MR) is 80.1 cm³/mol. The molecule has 2 aromatic rings. The van der Waals surface area contributed by atoms with Gasteiger partial charge in [0.1, 0.15) is 0 Å². The lowest BCUT2D eigenvalue weighted by Gasteiger charge is -2.24. The molecule has 0 fully saturated rings. The molecule has 0 unspecified atom stereocenters. The Balaban J connectivity index is 2.29. The number of rotatable bonds is 3. The van der Waals surface area contributed by atoms with E-state index in [0.717, 1.165) is 10.9 Å². The topological polar surface area (TPSA) is 68.0 Å². The summed E-state index contributed by atoms with van der Waals surface area (Å²) in [5.74, 6) is -0.205. The molecule has 0 saturated heterocycles. The second-order valence-electron chi connectivity index (χ2n) is 4.85. The number of pyridine rings is 1. The lowest BCUT2D eigenvalue weighted by atomic mass is 10.0. The molecule has 19 heavy (non-hydrogen) atoms. The molecular formula is C14H15N3OS. The van der Waals surface area contributed by atoms with E-state index in [1.807, 2.05) is 18.2 Å². The number of nitrogens with one attached hydrogen (secondary N) is 1.